The molecule has 2 N–H and O–H groups in total. The first-order valence-electron chi connectivity index (χ1n) is 6.10. The molecule has 0 fully saturated rings. The van der Waals surface area contributed by atoms with Crippen molar-refractivity contribution in [1.82, 2.24) is 0 Å². The third kappa shape index (κ3) is 3.07. The van der Waals surface area contributed by atoms with Gasteiger partial charge in [-0.1, -0.05) is 0 Å². The van der Waals surface area contributed by atoms with Crippen LogP contribution in [0.4, 0.5) is 11.4 Å². The maximum absolute atomic E-state index is 12.3. The third-order valence-electron chi connectivity index (χ3n) is 2.85. The number of nitrogens with one attached hydrogen (secondary N) is 2. The second-order valence-electron chi connectivity index (χ2n) is 4.52. The number of amides is 1. The van der Waals surface area contributed by atoms with E-state index in [9.17, 15) is 13.2 Å². The van der Waals surface area contributed by atoms with Gasteiger partial charge in [0.25, 0.3) is 10.0 Å². The quantitative estimate of drug-likeness (QED) is 0.901. The lowest BCUT2D eigenvalue weighted by Crippen LogP contribution is -2.19. The number of sulfonamides is 1. The summed E-state index contributed by atoms with van der Waals surface area (Å²) in [5.41, 5.74) is 1.07. The monoisotopic (exact) mass is 340 g/mol. The number of fused-ring (bicyclic) bond motifs is 1. The molecule has 3 rings (SSSR count). The van der Waals surface area contributed by atoms with Crippen molar-refractivity contribution in [2.75, 3.05) is 15.8 Å². The van der Waals surface area contributed by atoms with Gasteiger partial charge in [-0.15, -0.1) is 23.1 Å². The van der Waals surface area contributed by atoms with Crippen LogP contribution in [0, 0.1) is 6.92 Å². The maximum Gasteiger partial charge on any atom is 0.271 e. The standard InChI is InChI=1S/C13H12N2O3S3/c1-8-2-5-13(20-8)21(17,18)15-9-3-4-11-10(6-9)14-12(16)7-19-11/h2-6,15H,7H2,1H3,(H,14,16). The lowest BCUT2D eigenvalue weighted by molar-refractivity contribution is -0.113. The Morgan fingerprint density at radius 2 is 2.05 bits per heavy atom. The Morgan fingerprint density at radius 1 is 1.24 bits per heavy atom. The summed E-state index contributed by atoms with van der Waals surface area (Å²) in [6.45, 7) is 1.86. The zero-order chi connectivity index (χ0) is 15.0. The Hall–Kier alpha value is -1.51. The maximum atomic E-state index is 12.3. The van der Waals surface area contributed by atoms with E-state index in [1.54, 1.807) is 30.3 Å². The average molecular weight is 340 g/mol. The fraction of sp³-hybridized carbons (Fsp3) is 0.154. The van der Waals surface area contributed by atoms with Gasteiger partial charge in [0.15, 0.2) is 0 Å². The van der Waals surface area contributed by atoms with Crippen molar-refractivity contribution in [3.05, 3.63) is 35.2 Å². The summed E-state index contributed by atoms with van der Waals surface area (Å²) in [5, 5.41) is 2.74. The Labute approximate surface area is 130 Å². The highest BCUT2D eigenvalue weighted by molar-refractivity contribution is 8.00. The van der Waals surface area contributed by atoms with Gasteiger partial charge in [-0.3, -0.25) is 9.52 Å². The Bertz CT molecular complexity index is 812. The molecule has 8 heteroatoms. The molecule has 0 radical (unpaired) electrons. The number of aryl methyl sites for hydroxylation is 1. The van der Waals surface area contributed by atoms with Crippen molar-refractivity contribution >= 4 is 50.4 Å². The topological polar surface area (TPSA) is 75.3 Å². The first-order valence-corrected chi connectivity index (χ1v) is 9.38. The first-order chi connectivity index (χ1) is 9.94. The molecule has 0 saturated heterocycles. The molecule has 5 nitrogen and oxygen atoms in total. The number of hydrogen-bond donors (Lipinski definition) is 2. The van der Waals surface area contributed by atoms with Gasteiger partial charge in [0.2, 0.25) is 5.91 Å². The van der Waals surface area contributed by atoms with E-state index in [-0.39, 0.29) is 10.1 Å². The molecule has 110 valence electrons. The van der Waals surface area contributed by atoms with Gasteiger partial charge in [0.05, 0.1) is 17.1 Å². The normalized spacial score (nSPS) is 14.4. The minimum absolute atomic E-state index is 0.0820. The summed E-state index contributed by atoms with van der Waals surface area (Å²) in [7, 11) is -3.58. The molecule has 0 aliphatic carbocycles. The molecule has 21 heavy (non-hydrogen) atoms. The molecule has 0 saturated carbocycles. The summed E-state index contributed by atoms with van der Waals surface area (Å²) in [4.78, 5) is 13.2. The third-order valence-corrected chi connectivity index (χ3v) is 6.79. The number of benzene rings is 1. The van der Waals surface area contributed by atoms with Crippen LogP contribution >= 0.6 is 23.1 Å². The van der Waals surface area contributed by atoms with Gasteiger partial charge in [0.1, 0.15) is 4.21 Å². The van der Waals surface area contributed by atoms with Gasteiger partial charge in [-0.05, 0) is 37.3 Å². The Balaban J connectivity index is 1.88. The predicted molar refractivity (Wildman–Crippen MR) is 85.7 cm³/mol. The summed E-state index contributed by atoms with van der Waals surface area (Å²) < 4.78 is 27.3. The van der Waals surface area contributed by atoms with Gasteiger partial charge in [0, 0.05) is 9.77 Å². The molecule has 0 spiro atoms. The molecule has 2 aromatic rings. The first kappa shape index (κ1) is 14.4. The molecule has 0 bridgehead atoms. The highest BCUT2D eigenvalue weighted by Gasteiger charge is 2.19. The molecule has 1 aliphatic rings. The fourth-order valence-electron chi connectivity index (χ4n) is 1.91. The van der Waals surface area contributed by atoms with E-state index in [1.807, 2.05) is 6.92 Å². The van der Waals surface area contributed by atoms with Crippen LogP contribution in [0.15, 0.2) is 39.4 Å². The van der Waals surface area contributed by atoms with Crippen LogP contribution in [-0.2, 0) is 14.8 Å². The van der Waals surface area contributed by atoms with Gasteiger partial charge < -0.3 is 5.32 Å². The molecule has 1 aliphatic heterocycles. The van der Waals surface area contributed by atoms with Crippen molar-refractivity contribution in [2.24, 2.45) is 0 Å². The van der Waals surface area contributed by atoms with Gasteiger partial charge in [-0.25, -0.2) is 8.42 Å². The van der Waals surface area contributed by atoms with Gasteiger partial charge >= 0.3 is 0 Å². The summed E-state index contributed by atoms with van der Waals surface area (Å²) >= 11 is 2.65. The fourth-order valence-corrected chi connectivity index (χ4v) is 5.03. The van der Waals surface area contributed by atoms with Crippen molar-refractivity contribution < 1.29 is 13.2 Å². The van der Waals surface area contributed by atoms with E-state index in [2.05, 4.69) is 10.0 Å². The molecule has 0 unspecified atom stereocenters. The molecule has 1 aromatic carbocycles. The zero-order valence-corrected chi connectivity index (χ0v) is 13.5. The summed E-state index contributed by atoms with van der Waals surface area (Å²) in [5.74, 6) is 0.299. The average Bonchev–Trinajstić information content (AvgIpc) is 2.85. The Kier molecular flexibility index (Phi) is 3.68. The molecule has 0 atom stereocenters. The van der Waals surface area contributed by atoms with Crippen LogP contribution < -0.4 is 10.0 Å². The van der Waals surface area contributed by atoms with Crippen LogP contribution in [0.25, 0.3) is 0 Å². The highest BCUT2D eigenvalue weighted by Crippen LogP contribution is 2.34. The largest absolute Gasteiger partial charge is 0.324 e. The number of hydrogen-bond acceptors (Lipinski definition) is 5. The van der Waals surface area contributed by atoms with Crippen LogP contribution in [0.3, 0.4) is 0 Å². The lowest BCUT2D eigenvalue weighted by Gasteiger charge is -2.17. The molecule has 2 heterocycles. The number of thiophene rings is 1. The summed E-state index contributed by atoms with van der Waals surface area (Å²) in [6.07, 6.45) is 0. The van der Waals surface area contributed by atoms with E-state index in [0.29, 0.717) is 17.1 Å². The minimum atomic E-state index is -3.58. The number of thioether (sulfide) groups is 1. The van der Waals surface area contributed by atoms with Gasteiger partial charge in [-0.2, -0.15) is 0 Å². The highest BCUT2D eigenvalue weighted by atomic mass is 32.2. The SMILES string of the molecule is Cc1ccc(S(=O)(=O)Nc2ccc3c(c2)NC(=O)CS3)s1. The number of carbonyl (C=O) groups is 1. The van der Waals surface area contributed by atoms with Crippen LogP contribution in [0.5, 0.6) is 0 Å². The second-order valence-corrected chi connectivity index (χ2v) is 8.73. The van der Waals surface area contributed by atoms with E-state index in [1.165, 1.54) is 23.1 Å². The minimum Gasteiger partial charge on any atom is -0.324 e. The van der Waals surface area contributed by atoms with Crippen LogP contribution in [0.1, 0.15) is 4.88 Å². The molecular formula is C13H12N2O3S3. The van der Waals surface area contributed by atoms with Crippen LogP contribution in [0.2, 0.25) is 0 Å². The van der Waals surface area contributed by atoms with Crippen molar-refractivity contribution in [3.8, 4) is 0 Å². The van der Waals surface area contributed by atoms with Crippen molar-refractivity contribution in [1.29, 1.82) is 0 Å². The Morgan fingerprint density at radius 3 is 2.76 bits per heavy atom. The number of anilines is 2. The molecule has 1 amide bonds. The van der Waals surface area contributed by atoms with E-state index in [4.69, 9.17) is 0 Å². The van der Waals surface area contributed by atoms with Crippen molar-refractivity contribution in [2.45, 2.75) is 16.0 Å². The van der Waals surface area contributed by atoms with E-state index >= 15 is 0 Å². The smallest absolute Gasteiger partial charge is 0.271 e. The number of rotatable bonds is 3. The van der Waals surface area contributed by atoms with E-state index < -0.39 is 10.0 Å². The van der Waals surface area contributed by atoms with E-state index in [0.717, 1.165) is 9.77 Å². The molecular weight excluding hydrogens is 328 g/mol. The number of carbonyl (C=O) groups excluding carboxylic acids is 1. The van der Waals surface area contributed by atoms with Crippen molar-refractivity contribution in [3.63, 3.8) is 0 Å². The molecule has 1 aromatic heterocycles. The lowest BCUT2D eigenvalue weighted by atomic mass is 10.3. The summed E-state index contributed by atoms with van der Waals surface area (Å²) in [6, 6.07) is 8.48. The zero-order valence-electron chi connectivity index (χ0n) is 11.0. The predicted octanol–water partition coefficient (Wildman–Crippen LogP) is 2.90. The van der Waals surface area contributed by atoms with Crippen LogP contribution in [-0.4, -0.2) is 20.1 Å². The second kappa shape index (κ2) is 5.36.